The van der Waals surface area contributed by atoms with Crippen molar-refractivity contribution in [3.63, 3.8) is 0 Å². The number of rotatable bonds is 3. The number of esters is 1. The van der Waals surface area contributed by atoms with Crippen molar-refractivity contribution in [1.82, 2.24) is 0 Å². The summed E-state index contributed by atoms with van der Waals surface area (Å²) in [5.74, 6) is 0.292. The quantitative estimate of drug-likeness (QED) is 0.626. The van der Waals surface area contributed by atoms with Gasteiger partial charge >= 0.3 is 5.97 Å². The molecule has 0 spiro atoms. The third kappa shape index (κ3) is 7.93. The van der Waals surface area contributed by atoms with Crippen molar-refractivity contribution in [3.8, 4) is 11.8 Å². The van der Waals surface area contributed by atoms with Crippen LogP contribution in [0.3, 0.4) is 0 Å². The molecule has 0 aliphatic carbocycles. The van der Waals surface area contributed by atoms with Crippen LogP contribution in [0.2, 0.25) is 0 Å². The van der Waals surface area contributed by atoms with Crippen molar-refractivity contribution in [3.05, 3.63) is 42.5 Å². The Morgan fingerprint density at radius 3 is 2.40 bits per heavy atom. The third-order valence-corrected chi connectivity index (χ3v) is 1.88. The van der Waals surface area contributed by atoms with Crippen molar-refractivity contribution >= 4 is 5.97 Å². The number of hydrogen-bond acceptors (Lipinski definition) is 4. The first-order valence-corrected chi connectivity index (χ1v) is 6.31. The topological polar surface area (TPSA) is 59.3 Å². The van der Waals surface area contributed by atoms with E-state index in [1.807, 2.05) is 39.8 Å². The van der Waals surface area contributed by atoms with Gasteiger partial charge in [0.2, 0.25) is 0 Å². The molecule has 4 nitrogen and oxygen atoms in total. The number of benzene rings is 1. The van der Waals surface area contributed by atoms with Gasteiger partial charge in [-0.1, -0.05) is 18.7 Å². The molecule has 0 N–H and O–H groups in total. The Bertz CT molecular complexity index is 481. The molecular weight excluding hydrogens is 254 g/mol. The molecule has 0 unspecified atom stereocenters. The van der Waals surface area contributed by atoms with Crippen LogP contribution in [-0.4, -0.2) is 18.2 Å². The number of hydrogen-bond donors (Lipinski definition) is 0. The lowest BCUT2D eigenvalue weighted by Crippen LogP contribution is -2.22. The smallest absolute Gasteiger partial charge is 0.330 e. The van der Waals surface area contributed by atoms with Gasteiger partial charge in [-0.15, -0.1) is 0 Å². The van der Waals surface area contributed by atoms with Crippen molar-refractivity contribution in [2.75, 3.05) is 6.61 Å². The minimum absolute atomic E-state index is 0.373. The van der Waals surface area contributed by atoms with Gasteiger partial charge in [0.15, 0.2) is 0 Å². The van der Waals surface area contributed by atoms with Gasteiger partial charge in [0.05, 0.1) is 12.2 Å². The average Bonchev–Trinajstić information content (AvgIpc) is 2.38. The maximum Gasteiger partial charge on any atom is 0.330 e. The van der Waals surface area contributed by atoms with Gasteiger partial charge in [-0.05, 0) is 39.8 Å². The van der Waals surface area contributed by atoms with Crippen molar-refractivity contribution < 1.29 is 14.3 Å². The number of carbonyl (C=O) groups is 1. The van der Waals surface area contributed by atoms with Crippen molar-refractivity contribution in [1.29, 1.82) is 5.26 Å². The predicted octanol–water partition coefficient (Wildman–Crippen LogP) is 3.47. The zero-order valence-electron chi connectivity index (χ0n) is 12.5. The summed E-state index contributed by atoms with van der Waals surface area (Å²) >= 11 is 0. The number of ether oxygens (including phenoxy) is 2. The first-order valence-electron chi connectivity index (χ1n) is 6.31. The highest BCUT2D eigenvalue weighted by Gasteiger charge is 2.12. The second-order valence-corrected chi connectivity index (χ2v) is 4.78. The van der Waals surface area contributed by atoms with E-state index in [1.165, 1.54) is 0 Å². The van der Waals surface area contributed by atoms with Gasteiger partial charge in [0.1, 0.15) is 17.4 Å². The molecule has 1 aromatic rings. The maximum atomic E-state index is 10.5. The Labute approximate surface area is 120 Å². The zero-order valence-corrected chi connectivity index (χ0v) is 12.5. The van der Waals surface area contributed by atoms with E-state index in [0.717, 1.165) is 6.08 Å². The van der Waals surface area contributed by atoms with Crippen LogP contribution in [0.25, 0.3) is 0 Å². The van der Waals surface area contributed by atoms with Gasteiger partial charge < -0.3 is 9.47 Å². The highest BCUT2D eigenvalue weighted by atomic mass is 16.6. The summed E-state index contributed by atoms with van der Waals surface area (Å²) < 4.78 is 10.0. The molecule has 0 radical (unpaired) electrons. The van der Waals surface area contributed by atoms with Gasteiger partial charge in [-0.25, -0.2) is 4.79 Å². The lowest BCUT2D eigenvalue weighted by molar-refractivity contribution is -0.148. The fraction of sp³-hybridized carbons (Fsp3) is 0.375. The molecule has 4 heteroatoms. The van der Waals surface area contributed by atoms with Crippen LogP contribution in [0.1, 0.15) is 33.3 Å². The first kappa shape index (κ1) is 17.7. The summed E-state index contributed by atoms with van der Waals surface area (Å²) in [6.45, 7) is 11.2. The molecular formula is C16H21NO3. The molecule has 0 fully saturated rings. The van der Waals surface area contributed by atoms with E-state index in [4.69, 9.17) is 14.7 Å². The Kier molecular flexibility index (Phi) is 7.76. The second kappa shape index (κ2) is 8.76. The molecule has 0 bridgehead atoms. The minimum atomic E-state index is -0.398. The Morgan fingerprint density at radius 2 is 2.00 bits per heavy atom. The molecule has 108 valence electrons. The molecule has 0 amide bonds. The highest BCUT2D eigenvalue weighted by molar-refractivity contribution is 5.81. The molecule has 0 saturated heterocycles. The highest BCUT2D eigenvalue weighted by Crippen LogP contribution is 2.15. The number of nitrogens with zero attached hydrogens (tertiary/aromatic N) is 1. The van der Waals surface area contributed by atoms with Gasteiger partial charge in [0.25, 0.3) is 0 Å². The van der Waals surface area contributed by atoms with E-state index in [1.54, 1.807) is 12.1 Å². The molecule has 20 heavy (non-hydrogen) atoms. The summed E-state index contributed by atoms with van der Waals surface area (Å²) in [5, 5.41) is 8.62. The van der Waals surface area contributed by atoms with Crippen LogP contribution >= 0.6 is 0 Å². The fourth-order valence-corrected chi connectivity index (χ4v) is 1.18. The van der Waals surface area contributed by atoms with E-state index in [0.29, 0.717) is 17.9 Å². The van der Waals surface area contributed by atoms with Crippen LogP contribution in [-0.2, 0) is 9.53 Å². The molecule has 1 rings (SSSR count). The monoisotopic (exact) mass is 275 g/mol. The largest absolute Gasteiger partial charge is 0.492 e. The average molecular weight is 275 g/mol. The number of nitriles is 1. The standard InChI is InChI=1S/C9H9NO.C7H12O2/c1-2-11-9-6-4-3-5-8(9)7-10;1-5-6(8)9-7(2,3)4/h3-6H,2H2,1H3;5H,1H2,2-4H3. The molecule has 0 aliphatic rings. The van der Waals surface area contributed by atoms with E-state index in [-0.39, 0.29) is 5.97 Å². The molecule has 0 saturated carbocycles. The zero-order chi connectivity index (χ0) is 15.6. The Morgan fingerprint density at radius 1 is 1.40 bits per heavy atom. The normalized spacial score (nSPS) is 9.55. The van der Waals surface area contributed by atoms with Crippen LogP contribution in [0.5, 0.6) is 5.75 Å². The molecule has 0 heterocycles. The SMILES string of the molecule is C=CC(=O)OC(C)(C)C.CCOc1ccccc1C#N. The van der Waals surface area contributed by atoms with Gasteiger partial charge in [-0.3, -0.25) is 0 Å². The number of carbonyl (C=O) groups excluding carboxylic acids is 1. The van der Waals surface area contributed by atoms with Gasteiger partial charge in [-0.2, -0.15) is 5.26 Å². The Balaban J connectivity index is 0.000000370. The summed E-state index contributed by atoms with van der Waals surface area (Å²) in [4.78, 5) is 10.5. The van der Waals surface area contributed by atoms with E-state index < -0.39 is 5.60 Å². The lowest BCUT2D eigenvalue weighted by atomic mass is 10.2. The maximum absolute atomic E-state index is 10.5. The summed E-state index contributed by atoms with van der Waals surface area (Å²) in [6.07, 6.45) is 1.16. The van der Waals surface area contributed by atoms with Crippen LogP contribution in [0.15, 0.2) is 36.9 Å². The van der Waals surface area contributed by atoms with E-state index in [9.17, 15) is 4.79 Å². The molecule has 0 aliphatic heterocycles. The molecule has 1 aromatic carbocycles. The molecule has 0 aromatic heterocycles. The van der Waals surface area contributed by atoms with Crippen molar-refractivity contribution in [2.24, 2.45) is 0 Å². The van der Waals surface area contributed by atoms with Crippen LogP contribution in [0.4, 0.5) is 0 Å². The summed E-state index contributed by atoms with van der Waals surface area (Å²) in [7, 11) is 0. The predicted molar refractivity (Wildman–Crippen MR) is 78.4 cm³/mol. The first-order chi connectivity index (χ1) is 9.34. The lowest BCUT2D eigenvalue weighted by Gasteiger charge is -2.17. The fourth-order valence-electron chi connectivity index (χ4n) is 1.18. The summed E-state index contributed by atoms with van der Waals surface area (Å²) in [6, 6.07) is 9.26. The summed E-state index contributed by atoms with van der Waals surface area (Å²) in [5.41, 5.74) is 0.194. The third-order valence-electron chi connectivity index (χ3n) is 1.88. The number of para-hydroxylation sites is 1. The molecule has 0 atom stereocenters. The second-order valence-electron chi connectivity index (χ2n) is 4.78. The van der Waals surface area contributed by atoms with E-state index in [2.05, 4.69) is 12.6 Å². The minimum Gasteiger partial charge on any atom is -0.492 e. The van der Waals surface area contributed by atoms with Crippen molar-refractivity contribution in [2.45, 2.75) is 33.3 Å². The Hall–Kier alpha value is -2.28. The van der Waals surface area contributed by atoms with E-state index >= 15 is 0 Å². The van der Waals surface area contributed by atoms with Gasteiger partial charge in [0, 0.05) is 6.08 Å². The van der Waals surface area contributed by atoms with Crippen LogP contribution in [0, 0.1) is 11.3 Å². The van der Waals surface area contributed by atoms with Crippen LogP contribution < -0.4 is 4.74 Å².